The zero-order valence-electron chi connectivity index (χ0n) is 25.7. The molecule has 0 N–H and O–H groups in total. The van der Waals surface area contributed by atoms with Crippen molar-refractivity contribution in [3.8, 4) is 0 Å². The van der Waals surface area contributed by atoms with E-state index >= 15 is 0 Å². The molecule has 2 aliphatic rings. The average Bonchev–Trinajstić information content (AvgIpc) is 3.76. The number of hydrogen-bond donors (Lipinski definition) is 0. The summed E-state index contributed by atoms with van der Waals surface area (Å²) in [6.07, 6.45) is 0. The molecule has 2 atom stereocenters. The highest BCUT2D eigenvalue weighted by molar-refractivity contribution is 9.10. The molecule has 2 heterocycles. The predicted octanol–water partition coefficient (Wildman–Crippen LogP) is 10.2. The van der Waals surface area contributed by atoms with Crippen LogP contribution in [0.25, 0.3) is 0 Å². The van der Waals surface area contributed by atoms with Gasteiger partial charge in [0.25, 0.3) is 0 Å². The normalized spacial score (nSPS) is 20.1. The molecule has 0 radical (unpaired) electrons. The first-order valence-corrected chi connectivity index (χ1v) is 17.3. The molecule has 230 valence electrons. The molecule has 4 nitrogen and oxygen atoms in total. The third kappa shape index (κ3) is 5.04. The van der Waals surface area contributed by atoms with E-state index < -0.39 is 11.1 Å². The summed E-state index contributed by atoms with van der Waals surface area (Å²) >= 11 is 7.38. The van der Waals surface area contributed by atoms with E-state index in [9.17, 15) is 0 Å². The number of amidine groups is 2. The zero-order valence-corrected chi connectivity index (χ0v) is 28.9. The van der Waals surface area contributed by atoms with Gasteiger partial charge in [0.1, 0.15) is 0 Å². The first kappa shape index (κ1) is 30.3. The Morgan fingerprint density at radius 1 is 0.354 bits per heavy atom. The van der Waals surface area contributed by atoms with Gasteiger partial charge in [0.15, 0.2) is 22.7 Å². The van der Waals surface area contributed by atoms with Gasteiger partial charge in [-0.3, -0.25) is 0 Å². The maximum atomic E-state index is 5.81. The van der Waals surface area contributed by atoms with Crippen molar-refractivity contribution in [2.45, 2.75) is 11.1 Å². The van der Waals surface area contributed by atoms with E-state index in [0.29, 0.717) is 11.7 Å². The summed E-state index contributed by atoms with van der Waals surface area (Å²) in [6, 6.07) is 58.0. The lowest BCUT2D eigenvalue weighted by atomic mass is 9.62. The Morgan fingerprint density at radius 3 is 1.04 bits per heavy atom. The highest BCUT2D eigenvalue weighted by Gasteiger charge is 2.64. The molecular formula is C42H28Br2N4. The Bertz CT molecular complexity index is 2090. The van der Waals surface area contributed by atoms with E-state index in [1.807, 2.05) is 48.5 Å². The van der Waals surface area contributed by atoms with Crippen LogP contribution in [-0.4, -0.2) is 23.1 Å². The van der Waals surface area contributed by atoms with Gasteiger partial charge in [0.05, 0.1) is 11.4 Å². The quantitative estimate of drug-likeness (QED) is 0.156. The molecule has 6 heteroatoms. The largest absolute Gasteiger partial charge is 0.245 e. The summed E-state index contributed by atoms with van der Waals surface area (Å²) in [5.41, 5.74) is 4.93. The maximum absolute atomic E-state index is 5.81. The third-order valence-electron chi connectivity index (χ3n) is 8.83. The minimum atomic E-state index is -1.17. The molecule has 6 aromatic rings. The van der Waals surface area contributed by atoms with Gasteiger partial charge < -0.3 is 0 Å². The van der Waals surface area contributed by atoms with Gasteiger partial charge in [-0.05, 0) is 46.5 Å². The molecule has 8 rings (SSSR count). The van der Waals surface area contributed by atoms with Crippen molar-refractivity contribution in [1.29, 1.82) is 0 Å². The van der Waals surface area contributed by atoms with Crippen LogP contribution in [0.15, 0.2) is 199 Å². The molecule has 0 aromatic heterocycles. The summed E-state index contributed by atoms with van der Waals surface area (Å²) in [7, 11) is 0. The summed E-state index contributed by atoms with van der Waals surface area (Å²) in [5.74, 6) is 1.26. The SMILES string of the molecule is Brc1cccc(C2=NC(c3ccccc3)(C3(c4ccccc4)N=C(c4cccc(Br)c4)N=C3c3ccccc3)C(c3ccccc3)=N2)c1. The Labute approximate surface area is 296 Å². The Hall–Kier alpha value is -5.04. The summed E-state index contributed by atoms with van der Waals surface area (Å²) in [4.78, 5) is 22.5. The van der Waals surface area contributed by atoms with Crippen molar-refractivity contribution in [2.24, 2.45) is 20.0 Å². The van der Waals surface area contributed by atoms with E-state index in [0.717, 1.165) is 53.7 Å². The fraction of sp³-hybridized carbons (Fsp3) is 0.0476. The van der Waals surface area contributed by atoms with Gasteiger partial charge in [-0.15, -0.1) is 0 Å². The van der Waals surface area contributed by atoms with Gasteiger partial charge in [-0.1, -0.05) is 177 Å². The van der Waals surface area contributed by atoms with Crippen molar-refractivity contribution in [1.82, 2.24) is 0 Å². The Balaban J connectivity index is 1.56. The molecule has 0 aliphatic carbocycles. The number of hydrogen-bond acceptors (Lipinski definition) is 4. The second-order valence-corrected chi connectivity index (χ2v) is 13.5. The molecule has 0 amide bonds. The van der Waals surface area contributed by atoms with Gasteiger partial charge in [0.2, 0.25) is 0 Å². The summed E-state index contributed by atoms with van der Waals surface area (Å²) < 4.78 is 1.91. The first-order valence-electron chi connectivity index (χ1n) is 15.7. The van der Waals surface area contributed by atoms with Crippen LogP contribution in [0.1, 0.15) is 33.4 Å². The lowest BCUT2D eigenvalue weighted by molar-refractivity contribution is 0.420. The van der Waals surface area contributed by atoms with Crippen LogP contribution in [0.2, 0.25) is 0 Å². The lowest BCUT2D eigenvalue weighted by Gasteiger charge is -2.44. The van der Waals surface area contributed by atoms with Crippen molar-refractivity contribution in [3.05, 3.63) is 212 Å². The molecule has 0 spiro atoms. The smallest absolute Gasteiger partial charge is 0.165 e. The van der Waals surface area contributed by atoms with Crippen LogP contribution in [0.5, 0.6) is 0 Å². The number of halogens is 2. The topological polar surface area (TPSA) is 49.4 Å². The molecular weight excluding hydrogens is 720 g/mol. The van der Waals surface area contributed by atoms with E-state index in [4.69, 9.17) is 20.0 Å². The molecule has 0 saturated heterocycles. The second-order valence-electron chi connectivity index (χ2n) is 11.7. The lowest BCUT2D eigenvalue weighted by Crippen LogP contribution is -2.55. The maximum Gasteiger partial charge on any atom is 0.165 e. The third-order valence-corrected chi connectivity index (χ3v) is 9.82. The van der Waals surface area contributed by atoms with E-state index in [1.165, 1.54) is 0 Å². The standard InChI is InChI=1S/C42H28Br2N4/c43-35-25-13-19-31(27-35)39-45-37(29-15-5-1-6-16-29)41(47-39,33-21-9-3-10-22-33)42(34-23-11-4-12-24-34)38(30-17-7-2-8-18-30)46-40(48-42)32-20-14-26-36(44)28-32/h1-28H. The molecule has 0 bridgehead atoms. The average molecular weight is 749 g/mol. The number of rotatable bonds is 7. The molecule has 0 saturated carbocycles. The second kappa shape index (κ2) is 12.5. The van der Waals surface area contributed by atoms with E-state index in [2.05, 4.69) is 153 Å². The molecule has 2 aliphatic heterocycles. The molecule has 48 heavy (non-hydrogen) atoms. The number of aliphatic imine (C=N–C) groups is 4. The van der Waals surface area contributed by atoms with Crippen LogP contribution in [0, 0.1) is 0 Å². The highest BCUT2D eigenvalue weighted by Crippen LogP contribution is 2.55. The Morgan fingerprint density at radius 2 is 0.688 bits per heavy atom. The van der Waals surface area contributed by atoms with Crippen LogP contribution in [-0.2, 0) is 11.1 Å². The highest BCUT2D eigenvalue weighted by atomic mass is 79.9. The summed E-state index contributed by atoms with van der Waals surface area (Å²) in [5, 5.41) is 0. The molecule has 0 fully saturated rings. The number of benzene rings is 6. The van der Waals surface area contributed by atoms with E-state index in [1.54, 1.807) is 0 Å². The van der Waals surface area contributed by atoms with Gasteiger partial charge in [-0.2, -0.15) is 0 Å². The fourth-order valence-electron chi connectivity index (χ4n) is 6.78. The van der Waals surface area contributed by atoms with Crippen molar-refractivity contribution >= 4 is 55.0 Å². The Kier molecular flexibility index (Phi) is 7.91. The van der Waals surface area contributed by atoms with Crippen LogP contribution >= 0.6 is 31.9 Å². The van der Waals surface area contributed by atoms with Crippen molar-refractivity contribution < 1.29 is 0 Å². The molecule has 6 aromatic carbocycles. The van der Waals surface area contributed by atoms with Crippen molar-refractivity contribution in [3.63, 3.8) is 0 Å². The van der Waals surface area contributed by atoms with E-state index in [-0.39, 0.29) is 0 Å². The van der Waals surface area contributed by atoms with Gasteiger partial charge in [0, 0.05) is 20.1 Å². The van der Waals surface area contributed by atoms with Crippen LogP contribution in [0.3, 0.4) is 0 Å². The monoisotopic (exact) mass is 746 g/mol. The van der Waals surface area contributed by atoms with Gasteiger partial charge >= 0.3 is 0 Å². The predicted molar refractivity (Wildman–Crippen MR) is 204 cm³/mol. The first-order chi connectivity index (χ1) is 23.6. The zero-order chi connectivity index (χ0) is 32.6. The van der Waals surface area contributed by atoms with Crippen LogP contribution < -0.4 is 0 Å². The van der Waals surface area contributed by atoms with Gasteiger partial charge in [-0.25, -0.2) is 20.0 Å². The minimum absolute atomic E-state index is 0.632. The van der Waals surface area contributed by atoms with Crippen molar-refractivity contribution in [2.75, 3.05) is 0 Å². The number of nitrogens with zero attached hydrogens (tertiary/aromatic N) is 4. The minimum Gasteiger partial charge on any atom is -0.245 e. The van der Waals surface area contributed by atoms with Crippen LogP contribution in [0.4, 0.5) is 0 Å². The molecule has 2 unspecified atom stereocenters. The summed E-state index contributed by atoms with van der Waals surface area (Å²) in [6.45, 7) is 0. The fourth-order valence-corrected chi connectivity index (χ4v) is 7.58.